The Balaban J connectivity index is 3.43. The average Bonchev–Trinajstić information content (AvgIpc) is 2.76. The number of ether oxygens (including phenoxy) is 3. The van der Waals surface area contributed by atoms with E-state index in [2.05, 4.69) is 19.1 Å². The molecular weight excluding hydrogens is 416 g/mol. The van der Waals surface area contributed by atoms with Gasteiger partial charge in [-0.3, -0.25) is 4.79 Å². The molecule has 0 aromatic carbocycles. The van der Waals surface area contributed by atoms with Crippen molar-refractivity contribution < 1.29 is 24.1 Å². The fraction of sp³-hybridized carbons (Fsp3) is 0.893. The van der Waals surface area contributed by atoms with Crippen molar-refractivity contribution in [3.63, 3.8) is 0 Å². The van der Waals surface area contributed by atoms with Gasteiger partial charge in [0.1, 0.15) is 11.7 Å². The van der Waals surface area contributed by atoms with Crippen molar-refractivity contribution in [2.45, 2.75) is 136 Å². The van der Waals surface area contributed by atoms with Crippen molar-refractivity contribution in [3.8, 4) is 0 Å². The lowest BCUT2D eigenvalue weighted by atomic mass is 10.1. The zero-order valence-corrected chi connectivity index (χ0v) is 22.2. The van der Waals surface area contributed by atoms with Crippen LogP contribution in [0.2, 0.25) is 0 Å². The topological polar surface area (TPSA) is 65.0 Å². The Bertz CT molecular complexity index is 456. The molecule has 0 bridgehead atoms. The second kappa shape index (κ2) is 22.9. The molecule has 0 aromatic heterocycles. The smallest absolute Gasteiger partial charge is 0.306 e. The molecule has 0 rings (SSSR count). The van der Waals surface area contributed by atoms with Gasteiger partial charge in [-0.1, -0.05) is 64.0 Å². The van der Waals surface area contributed by atoms with E-state index in [0.717, 1.165) is 25.9 Å². The Morgan fingerprint density at radius 2 is 1.39 bits per heavy atom. The van der Waals surface area contributed by atoms with E-state index in [4.69, 9.17) is 14.2 Å². The van der Waals surface area contributed by atoms with Crippen LogP contribution in [-0.4, -0.2) is 49.2 Å². The SMILES string of the molecule is CCCCCC/C=C\CCCCCCCCOC[C@H](CO)OCCCCC(=O)OC(C)(C)C. The second-order valence-corrected chi connectivity index (χ2v) is 10.0. The van der Waals surface area contributed by atoms with Crippen molar-refractivity contribution in [3.05, 3.63) is 12.2 Å². The van der Waals surface area contributed by atoms with Gasteiger partial charge in [-0.05, 0) is 65.7 Å². The summed E-state index contributed by atoms with van der Waals surface area (Å²) in [6, 6.07) is 0. The van der Waals surface area contributed by atoms with Crippen molar-refractivity contribution in [1.29, 1.82) is 0 Å². The van der Waals surface area contributed by atoms with Crippen LogP contribution in [0.3, 0.4) is 0 Å². The maximum Gasteiger partial charge on any atom is 0.306 e. The summed E-state index contributed by atoms with van der Waals surface area (Å²) in [4.78, 5) is 11.7. The van der Waals surface area contributed by atoms with E-state index in [1.165, 1.54) is 70.6 Å². The Kier molecular flexibility index (Phi) is 22.2. The summed E-state index contributed by atoms with van der Waals surface area (Å²) in [6.45, 7) is 9.49. The number of hydrogen-bond acceptors (Lipinski definition) is 5. The third-order valence-electron chi connectivity index (χ3n) is 5.36. The van der Waals surface area contributed by atoms with Crippen molar-refractivity contribution in [1.82, 2.24) is 0 Å². The lowest BCUT2D eigenvalue weighted by molar-refractivity contribution is -0.155. The number of carbonyl (C=O) groups is 1. The van der Waals surface area contributed by atoms with E-state index in [9.17, 15) is 9.90 Å². The molecular formula is C28H54O5. The highest BCUT2D eigenvalue weighted by Crippen LogP contribution is 2.11. The van der Waals surface area contributed by atoms with Crippen LogP contribution in [0.1, 0.15) is 124 Å². The fourth-order valence-corrected chi connectivity index (χ4v) is 3.48. The van der Waals surface area contributed by atoms with E-state index >= 15 is 0 Å². The first kappa shape index (κ1) is 32.1. The van der Waals surface area contributed by atoms with E-state index in [0.29, 0.717) is 19.6 Å². The average molecular weight is 471 g/mol. The van der Waals surface area contributed by atoms with E-state index in [-0.39, 0.29) is 18.7 Å². The third-order valence-corrected chi connectivity index (χ3v) is 5.36. The minimum absolute atomic E-state index is 0.0424. The molecule has 5 heteroatoms. The summed E-state index contributed by atoms with van der Waals surface area (Å²) in [5.41, 5.74) is -0.433. The highest BCUT2D eigenvalue weighted by Gasteiger charge is 2.15. The van der Waals surface area contributed by atoms with Crippen molar-refractivity contribution in [2.24, 2.45) is 0 Å². The highest BCUT2D eigenvalue weighted by atomic mass is 16.6. The zero-order chi connectivity index (χ0) is 24.6. The lowest BCUT2D eigenvalue weighted by Gasteiger charge is -2.19. The van der Waals surface area contributed by atoms with Gasteiger partial charge < -0.3 is 19.3 Å². The molecule has 0 heterocycles. The maximum atomic E-state index is 11.7. The summed E-state index contributed by atoms with van der Waals surface area (Å²) in [5.74, 6) is -0.172. The molecule has 1 N–H and O–H groups in total. The monoisotopic (exact) mass is 470 g/mol. The Labute approximate surface area is 204 Å². The van der Waals surface area contributed by atoms with Crippen LogP contribution in [-0.2, 0) is 19.0 Å². The summed E-state index contributed by atoms with van der Waals surface area (Å²) < 4.78 is 16.6. The minimum Gasteiger partial charge on any atom is -0.460 e. The summed E-state index contributed by atoms with van der Waals surface area (Å²) >= 11 is 0. The first-order valence-corrected chi connectivity index (χ1v) is 13.6. The number of unbranched alkanes of at least 4 members (excludes halogenated alkanes) is 11. The molecule has 1 atom stereocenters. The van der Waals surface area contributed by atoms with E-state index < -0.39 is 5.60 Å². The normalized spacial score (nSPS) is 13.0. The van der Waals surface area contributed by atoms with Gasteiger partial charge in [-0.2, -0.15) is 0 Å². The van der Waals surface area contributed by atoms with Crippen LogP contribution in [0.25, 0.3) is 0 Å². The molecule has 0 saturated heterocycles. The number of rotatable bonds is 23. The molecule has 0 radical (unpaired) electrons. The number of hydrogen-bond donors (Lipinski definition) is 1. The Morgan fingerprint density at radius 1 is 0.818 bits per heavy atom. The van der Waals surface area contributed by atoms with Crippen LogP contribution in [0.4, 0.5) is 0 Å². The predicted octanol–water partition coefficient (Wildman–Crippen LogP) is 7.15. The van der Waals surface area contributed by atoms with Crippen molar-refractivity contribution in [2.75, 3.05) is 26.4 Å². The van der Waals surface area contributed by atoms with Gasteiger partial charge in [0.15, 0.2) is 0 Å². The lowest BCUT2D eigenvalue weighted by Crippen LogP contribution is -2.25. The van der Waals surface area contributed by atoms with Crippen LogP contribution in [0.5, 0.6) is 0 Å². The molecule has 0 spiro atoms. The molecule has 0 saturated carbocycles. The van der Waals surface area contributed by atoms with Gasteiger partial charge in [-0.25, -0.2) is 0 Å². The van der Waals surface area contributed by atoms with Crippen LogP contribution < -0.4 is 0 Å². The second-order valence-electron chi connectivity index (χ2n) is 10.0. The summed E-state index contributed by atoms with van der Waals surface area (Å²) in [6.07, 6.45) is 21.6. The Morgan fingerprint density at radius 3 is 2.00 bits per heavy atom. The molecule has 33 heavy (non-hydrogen) atoms. The molecule has 0 amide bonds. The van der Waals surface area contributed by atoms with Gasteiger partial charge in [0.25, 0.3) is 0 Å². The first-order valence-electron chi connectivity index (χ1n) is 13.6. The first-order chi connectivity index (χ1) is 15.9. The summed E-state index contributed by atoms with van der Waals surface area (Å²) in [5, 5.41) is 9.44. The van der Waals surface area contributed by atoms with E-state index in [1.807, 2.05) is 20.8 Å². The Hall–Kier alpha value is -0.910. The third kappa shape index (κ3) is 25.5. The van der Waals surface area contributed by atoms with Crippen LogP contribution in [0, 0.1) is 0 Å². The molecule has 0 aromatic rings. The summed E-state index contributed by atoms with van der Waals surface area (Å²) in [7, 11) is 0. The molecule has 0 aliphatic heterocycles. The predicted molar refractivity (Wildman–Crippen MR) is 138 cm³/mol. The quantitative estimate of drug-likeness (QED) is 0.0975. The zero-order valence-electron chi connectivity index (χ0n) is 22.2. The standard InChI is InChI=1S/C28H54O5/c1-5-6-7-8-9-10-11-12-13-14-15-16-17-19-22-31-25-26(24-29)32-23-20-18-21-27(30)33-28(2,3)4/h10-11,26,29H,5-9,12-25H2,1-4H3/b11-10-/t26-/m0/s1. The van der Waals surface area contributed by atoms with Gasteiger partial charge in [-0.15, -0.1) is 0 Å². The molecule has 0 aliphatic rings. The number of carbonyl (C=O) groups excluding carboxylic acids is 1. The van der Waals surface area contributed by atoms with Gasteiger partial charge in [0.2, 0.25) is 0 Å². The molecule has 5 nitrogen and oxygen atoms in total. The van der Waals surface area contributed by atoms with Gasteiger partial charge >= 0.3 is 5.97 Å². The highest BCUT2D eigenvalue weighted by molar-refractivity contribution is 5.69. The molecule has 0 fully saturated rings. The molecule has 0 aliphatic carbocycles. The minimum atomic E-state index is -0.433. The molecule has 0 unspecified atom stereocenters. The number of aliphatic hydroxyl groups is 1. The van der Waals surface area contributed by atoms with Crippen molar-refractivity contribution >= 4 is 5.97 Å². The van der Waals surface area contributed by atoms with Crippen LogP contribution >= 0.6 is 0 Å². The maximum absolute atomic E-state index is 11.7. The number of allylic oxidation sites excluding steroid dienone is 2. The number of aliphatic hydroxyl groups excluding tert-OH is 1. The van der Waals surface area contributed by atoms with E-state index in [1.54, 1.807) is 0 Å². The van der Waals surface area contributed by atoms with Gasteiger partial charge in [0.05, 0.1) is 13.2 Å². The number of esters is 1. The fourth-order valence-electron chi connectivity index (χ4n) is 3.48. The van der Waals surface area contributed by atoms with Crippen LogP contribution in [0.15, 0.2) is 12.2 Å². The van der Waals surface area contributed by atoms with Gasteiger partial charge in [0, 0.05) is 19.6 Å². The molecule has 196 valence electrons. The largest absolute Gasteiger partial charge is 0.460 e.